The average molecular weight is 720 g/mol. The van der Waals surface area contributed by atoms with Crippen molar-refractivity contribution < 1.29 is 34.8 Å². The largest absolute Gasteiger partial charge is 0.451 e. The Hall–Kier alpha value is -4.32. The smallest absolute Gasteiger partial charge is 0.352 e. The van der Waals surface area contributed by atoms with E-state index in [9.17, 15) is 34.8 Å². The predicted octanol–water partition coefficient (Wildman–Crippen LogP) is 6.67. The molecule has 4 aromatic rings. The minimum absolute atomic E-state index is 0.111. The maximum Gasteiger partial charge on any atom is 0.451 e. The molecule has 0 aliphatic rings. The van der Waals surface area contributed by atoms with Crippen LogP contribution in [0.25, 0.3) is 0 Å². The Morgan fingerprint density at radius 1 is 0.646 bits per heavy atom. The van der Waals surface area contributed by atoms with E-state index in [1.54, 1.807) is 6.92 Å². The van der Waals surface area contributed by atoms with Crippen LogP contribution in [0.4, 0.5) is 44.2 Å². The lowest BCUT2D eigenvalue weighted by Gasteiger charge is -2.15. The summed E-state index contributed by atoms with van der Waals surface area (Å²) in [7, 11) is -3.83. The highest BCUT2D eigenvalue weighted by Gasteiger charge is 2.37. The Balaban J connectivity index is 0.000000264. The highest BCUT2D eigenvalue weighted by molar-refractivity contribution is 7.91. The highest BCUT2D eigenvalue weighted by Crippen LogP contribution is 2.28. The molecule has 4 rings (SSSR count). The van der Waals surface area contributed by atoms with Gasteiger partial charge in [0, 0.05) is 12.1 Å². The molecule has 0 saturated heterocycles. The van der Waals surface area contributed by atoms with Gasteiger partial charge in [-0.15, -0.1) is 0 Å². The number of halogens is 7. The molecule has 0 radical (unpaired) electrons. The van der Waals surface area contributed by atoms with Crippen molar-refractivity contribution >= 4 is 39.5 Å². The summed E-state index contributed by atoms with van der Waals surface area (Å²) < 4.78 is 101. The van der Waals surface area contributed by atoms with Crippen LogP contribution in [-0.4, -0.2) is 56.7 Å². The number of rotatable bonds is 12. The maximum atomic E-state index is 12.9. The van der Waals surface area contributed by atoms with Crippen molar-refractivity contribution in [2.75, 3.05) is 21.6 Å². The number of sulfonamides is 1. The number of hydrogen-bond donors (Lipinski definition) is 3. The molecule has 0 fully saturated rings. The van der Waals surface area contributed by atoms with Gasteiger partial charge >= 0.3 is 12.4 Å². The molecule has 2 aromatic heterocycles. The molecule has 0 aliphatic carbocycles. The number of hydrogen-bond acceptors (Lipinski definition) is 10. The molecule has 0 spiro atoms. The van der Waals surface area contributed by atoms with E-state index in [1.807, 2.05) is 72.3 Å². The van der Waals surface area contributed by atoms with Crippen LogP contribution in [0.2, 0.25) is 5.28 Å². The summed E-state index contributed by atoms with van der Waals surface area (Å²) in [4.78, 5) is 20.3. The zero-order chi connectivity index (χ0) is 35.5. The number of benzene rings is 2. The zero-order valence-electron chi connectivity index (χ0n) is 25.8. The lowest BCUT2D eigenvalue weighted by atomic mass is 10.1. The van der Waals surface area contributed by atoms with Crippen LogP contribution >= 0.6 is 11.6 Å². The predicted molar refractivity (Wildman–Crippen MR) is 169 cm³/mol. The van der Waals surface area contributed by atoms with Gasteiger partial charge in [-0.1, -0.05) is 60.7 Å². The summed E-state index contributed by atoms with van der Waals surface area (Å²) in [5, 5.41) is 5.09. The molecule has 2 unspecified atom stereocenters. The summed E-state index contributed by atoms with van der Waals surface area (Å²) in [6.45, 7) is 3.61. The fourth-order valence-corrected chi connectivity index (χ4v) is 4.54. The maximum absolute atomic E-state index is 12.9. The van der Waals surface area contributed by atoms with Crippen LogP contribution in [-0.2, 0) is 35.2 Å². The zero-order valence-corrected chi connectivity index (χ0v) is 27.4. The normalized spacial score (nSPS) is 13.1. The minimum atomic E-state index is -4.83. The number of nitrogens with one attached hydrogen (secondary N) is 3. The number of aromatic nitrogens is 6. The fraction of sp³-hybridized carbons (Fsp3) is 0.379. The first-order chi connectivity index (χ1) is 22.4. The van der Waals surface area contributed by atoms with E-state index in [4.69, 9.17) is 11.6 Å². The highest BCUT2D eigenvalue weighted by atomic mass is 35.5. The lowest BCUT2D eigenvalue weighted by Crippen LogP contribution is -2.23. The van der Waals surface area contributed by atoms with Gasteiger partial charge in [0.1, 0.15) is 0 Å². The van der Waals surface area contributed by atoms with E-state index in [1.165, 1.54) is 0 Å². The second kappa shape index (κ2) is 16.7. The van der Waals surface area contributed by atoms with Crippen LogP contribution in [0.3, 0.4) is 0 Å². The molecule has 0 saturated carbocycles. The number of anilines is 3. The van der Waals surface area contributed by atoms with Crippen LogP contribution in [0.1, 0.15) is 49.5 Å². The van der Waals surface area contributed by atoms with Crippen LogP contribution in [0.15, 0.2) is 60.7 Å². The second-order valence-electron chi connectivity index (χ2n) is 10.6. The van der Waals surface area contributed by atoms with Gasteiger partial charge in [-0.2, -0.15) is 56.2 Å². The summed E-state index contributed by atoms with van der Waals surface area (Å²) in [6, 6.07) is 19.0. The molecule has 2 aromatic carbocycles. The Morgan fingerprint density at radius 2 is 1.04 bits per heavy atom. The van der Waals surface area contributed by atoms with Gasteiger partial charge in [-0.25, -0.2) is 8.42 Å². The lowest BCUT2D eigenvalue weighted by molar-refractivity contribution is -0.145. The van der Waals surface area contributed by atoms with Gasteiger partial charge in [0.05, 0.1) is 6.26 Å². The Bertz CT molecular complexity index is 1720. The van der Waals surface area contributed by atoms with E-state index in [2.05, 4.69) is 40.5 Å². The number of nitrogens with zero attached hydrogens (tertiary/aromatic N) is 6. The van der Waals surface area contributed by atoms with Crippen molar-refractivity contribution in [3.63, 3.8) is 0 Å². The van der Waals surface area contributed by atoms with E-state index >= 15 is 0 Å². The molecule has 2 atom stereocenters. The summed E-state index contributed by atoms with van der Waals surface area (Å²) in [5.74, 6) is -3.99. The Morgan fingerprint density at radius 3 is 1.46 bits per heavy atom. The third-order valence-corrected chi connectivity index (χ3v) is 6.92. The molecule has 0 amide bonds. The SMILES string of the molecule is CC(CCc1ccccc1)Nc1nc(Cl)nc(C(F)(F)F)n1.CC(CCc1ccccc1)Nc1nc(NS(C)(=O)=O)nc(C(F)(F)F)n1. The molecule has 19 heteroatoms. The number of aryl methyl sites for hydroxylation is 2. The minimum Gasteiger partial charge on any atom is -0.352 e. The van der Waals surface area contributed by atoms with Crippen molar-refractivity contribution in [2.45, 2.75) is 64.0 Å². The molecule has 2 heterocycles. The van der Waals surface area contributed by atoms with Crippen molar-refractivity contribution in [3.8, 4) is 0 Å². The first kappa shape index (κ1) is 38.1. The fourth-order valence-electron chi connectivity index (χ4n) is 3.96. The Labute approximate surface area is 278 Å². The average Bonchev–Trinajstić information content (AvgIpc) is 2.98. The summed E-state index contributed by atoms with van der Waals surface area (Å²) >= 11 is 5.51. The first-order valence-corrected chi connectivity index (χ1v) is 16.5. The van der Waals surface area contributed by atoms with Crippen molar-refractivity contribution in [3.05, 3.63) is 88.7 Å². The van der Waals surface area contributed by atoms with Crippen LogP contribution in [0, 0.1) is 0 Å². The van der Waals surface area contributed by atoms with Gasteiger partial charge in [-0.05, 0) is 62.3 Å². The van der Waals surface area contributed by atoms with Gasteiger partial charge < -0.3 is 10.6 Å². The van der Waals surface area contributed by atoms with Crippen molar-refractivity contribution in [1.82, 2.24) is 29.9 Å². The standard InChI is InChI=1S/C15H18F3N5O2S.C14H14ClF3N4/c1-10(8-9-11-6-4-3-5-7-11)19-13-20-12(15(16,17)18)21-14(22-13)23-26(2,24)25;1-9(7-8-10-5-3-2-4-6-10)19-13-21-11(14(16,17)18)20-12(15)22-13/h3-7,10H,8-9H2,1-2H3,(H2,19,20,21,22,23);2-6,9H,7-8H2,1H3,(H,19,20,21,22). The molecule has 0 bridgehead atoms. The van der Waals surface area contributed by atoms with Crippen LogP contribution in [0.5, 0.6) is 0 Å². The molecule has 3 N–H and O–H groups in total. The summed E-state index contributed by atoms with van der Waals surface area (Å²) in [6.07, 6.45) is -5.86. The molecule has 11 nitrogen and oxygen atoms in total. The van der Waals surface area contributed by atoms with E-state index in [-0.39, 0.29) is 24.0 Å². The third kappa shape index (κ3) is 13.8. The van der Waals surface area contributed by atoms with Gasteiger partial charge in [0.25, 0.3) is 0 Å². The van der Waals surface area contributed by atoms with E-state index in [0.717, 1.165) is 23.8 Å². The van der Waals surface area contributed by atoms with E-state index < -0.39 is 45.3 Å². The van der Waals surface area contributed by atoms with Gasteiger partial charge in [-0.3, -0.25) is 4.72 Å². The first-order valence-electron chi connectivity index (χ1n) is 14.3. The van der Waals surface area contributed by atoms with Gasteiger partial charge in [0.2, 0.25) is 44.8 Å². The molecule has 0 aliphatic heterocycles. The monoisotopic (exact) mass is 719 g/mol. The van der Waals surface area contributed by atoms with Crippen molar-refractivity contribution in [2.24, 2.45) is 0 Å². The number of alkyl halides is 6. The van der Waals surface area contributed by atoms with Gasteiger partial charge in [0.15, 0.2) is 0 Å². The molecular formula is C29H32ClF6N9O2S. The Kier molecular flexibility index (Phi) is 13.2. The van der Waals surface area contributed by atoms with E-state index in [0.29, 0.717) is 19.3 Å². The van der Waals surface area contributed by atoms with Crippen LogP contribution < -0.4 is 15.4 Å². The molecule has 48 heavy (non-hydrogen) atoms. The third-order valence-electron chi connectivity index (χ3n) is 6.20. The summed E-state index contributed by atoms with van der Waals surface area (Å²) in [5.41, 5.74) is 2.24. The second-order valence-corrected chi connectivity index (χ2v) is 12.7. The van der Waals surface area contributed by atoms with Crippen molar-refractivity contribution in [1.29, 1.82) is 0 Å². The topological polar surface area (TPSA) is 148 Å². The molecular weight excluding hydrogens is 688 g/mol. The molecule has 260 valence electrons. The quantitative estimate of drug-likeness (QED) is 0.136.